The summed E-state index contributed by atoms with van der Waals surface area (Å²) in [6, 6.07) is 10.0. The lowest BCUT2D eigenvalue weighted by Crippen LogP contribution is -2.36. The fraction of sp³-hybridized carbons (Fsp3) is 0.167. The van der Waals surface area contributed by atoms with Gasteiger partial charge in [-0.2, -0.15) is 4.72 Å². The Hall–Kier alpha value is -0.0100. The molecule has 0 aliphatic rings. The van der Waals surface area contributed by atoms with Gasteiger partial charge < -0.3 is 0 Å². The van der Waals surface area contributed by atoms with Gasteiger partial charge in [0, 0.05) is 4.88 Å². The molecule has 2 rings (SSSR count). The summed E-state index contributed by atoms with van der Waals surface area (Å²) >= 11 is 24.7. The van der Waals surface area contributed by atoms with Crippen molar-refractivity contribution in [3.63, 3.8) is 0 Å². The predicted octanol–water partition coefficient (Wildman–Crippen LogP) is 4.79. The maximum absolute atomic E-state index is 12.4. The molecule has 1 atom stereocenters. The lowest BCUT2D eigenvalue weighted by Gasteiger charge is -2.24. The standard InChI is InChI=1S/C12H9Cl4NO2S2/c13-10-7-6-9(20-10)11(12(14,15)16)17-21(18,19)8-4-2-1-3-5-8/h1-7,11,17H/t11-/m1/s1. The molecule has 3 nitrogen and oxygen atoms in total. The highest BCUT2D eigenvalue weighted by molar-refractivity contribution is 7.89. The van der Waals surface area contributed by atoms with E-state index in [1.807, 2.05) is 0 Å². The SMILES string of the molecule is O=S(=O)(N[C@H](c1ccc(Cl)s1)C(Cl)(Cl)Cl)c1ccccc1. The van der Waals surface area contributed by atoms with Crippen molar-refractivity contribution < 1.29 is 8.42 Å². The van der Waals surface area contributed by atoms with E-state index in [1.165, 1.54) is 12.1 Å². The van der Waals surface area contributed by atoms with Crippen molar-refractivity contribution in [1.29, 1.82) is 0 Å². The fourth-order valence-corrected chi connectivity index (χ4v) is 5.02. The van der Waals surface area contributed by atoms with Crippen LogP contribution in [0.2, 0.25) is 4.34 Å². The van der Waals surface area contributed by atoms with Crippen LogP contribution in [0.1, 0.15) is 10.9 Å². The second-order valence-corrected chi connectivity index (χ2v) is 9.88. The minimum absolute atomic E-state index is 0.0897. The van der Waals surface area contributed by atoms with Gasteiger partial charge in [0.15, 0.2) is 0 Å². The topological polar surface area (TPSA) is 46.2 Å². The van der Waals surface area contributed by atoms with E-state index in [0.717, 1.165) is 11.3 Å². The highest BCUT2D eigenvalue weighted by atomic mass is 35.6. The minimum Gasteiger partial charge on any atom is -0.207 e. The van der Waals surface area contributed by atoms with Crippen LogP contribution in [0.5, 0.6) is 0 Å². The highest BCUT2D eigenvalue weighted by Crippen LogP contribution is 2.43. The second-order valence-electron chi connectivity index (χ2n) is 4.05. The van der Waals surface area contributed by atoms with Crippen molar-refractivity contribution in [2.24, 2.45) is 0 Å². The molecule has 2 aromatic rings. The number of benzene rings is 1. The van der Waals surface area contributed by atoms with Gasteiger partial charge in [0.25, 0.3) is 0 Å². The zero-order chi connectivity index (χ0) is 15.7. The zero-order valence-corrected chi connectivity index (χ0v) is 14.9. The Morgan fingerprint density at radius 3 is 2.14 bits per heavy atom. The third kappa shape index (κ3) is 4.48. The molecule has 0 unspecified atom stereocenters. The van der Waals surface area contributed by atoms with Crippen LogP contribution < -0.4 is 4.72 Å². The molecular formula is C12H9Cl4NO2S2. The molecule has 0 fully saturated rings. The minimum atomic E-state index is -3.82. The van der Waals surface area contributed by atoms with Crippen molar-refractivity contribution in [3.05, 3.63) is 51.7 Å². The first-order valence-corrected chi connectivity index (χ1v) is 9.40. The molecule has 1 aromatic carbocycles. The van der Waals surface area contributed by atoms with Crippen molar-refractivity contribution in [1.82, 2.24) is 4.72 Å². The highest BCUT2D eigenvalue weighted by Gasteiger charge is 2.38. The van der Waals surface area contributed by atoms with Crippen LogP contribution in [-0.4, -0.2) is 12.2 Å². The largest absolute Gasteiger partial charge is 0.241 e. The summed E-state index contributed by atoms with van der Waals surface area (Å²) in [4.78, 5) is 0.603. The molecule has 0 bridgehead atoms. The van der Waals surface area contributed by atoms with Crippen LogP contribution in [0.4, 0.5) is 0 Å². The van der Waals surface area contributed by atoms with E-state index in [9.17, 15) is 8.42 Å². The van der Waals surface area contributed by atoms with Gasteiger partial charge in [0.2, 0.25) is 13.8 Å². The fourth-order valence-electron chi connectivity index (χ4n) is 1.59. The van der Waals surface area contributed by atoms with Gasteiger partial charge in [-0.1, -0.05) is 64.6 Å². The first-order chi connectivity index (χ1) is 9.70. The van der Waals surface area contributed by atoms with Crippen LogP contribution in [0, 0.1) is 0 Å². The van der Waals surface area contributed by atoms with Gasteiger partial charge in [-0.3, -0.25) is 0 Å². The normalized spacial score (nSPS) is 14.1. The van der Waals surface area contributed by atoms with Gasteiger partial charge in [-0.05, 0) is 24.3 Å². The Balaban J connectivity index is 2.37. The molecule has 0 saturated heterocycles. The maximum atomic E-state index is 12.4. The monoisotopic (exact) mass is 403 g/mol. The predicted molar refractivity (Wildman–Crippen MR) is 89.1 cm³/mol. The molecule has 0 amide bonds. The van der Waals surface area contributed by atoms with Crippen molar-refractivity contribution in [2.45, 2.75) is 14.7 Å². The smallest absolute Gasteiger partial charge is 0.207 e. The lowest BCUT2D eigenvalue weighted by atomic mass is 10.3. The number of hydrogen-bond acceptors (Lipinski definition) is 3. The summed E-state index contributed by atoms with van der Waals surface area (Å²) in [5, 5.41) is 0. The van der Waals surface area contributed by atoms with Crippen molar-refractivity contribution in [3.8, 4) is 0 Å². The molecular weight excluding hydrogens is 396 g/mol. The molecule has 0 spiro atoms. The molecule has 0 aliphatic carbocycles. The van der Waals surface area contributed by atoms with Gasteiger partial charge >= 0.3 is 0 Å². The quantitative estimate of drug-likeness (QED) is 0.744. The average Bonchev–Trinajstić information content (AvgIpc) is 2.82. The van der Waals surface area contributed by atoms with Crippen LogP contribution in [0.15, 0.2) is 47.4 Å². The van der Waals surface area contributed by atoms with Crippen LogP contribution in [0.3, 0.4) is 0 Å². The van der Waals surface area contributed by atoms with Gasteiger partial charge in [0.1, 0.15) is 6.04 Å². The first kappa shape index (κ1) is 17.3. The van der Waals surface area contributed by atoms with E-state index < -0.39 is 19.9 Å². The molecule has 1 aromatic heterocycles. The van der Waals surface area contributed by atoms with E-state index in [4.69, 9.17) is 46.4 Å². The van der Waals surface area contributed by atoms with Crippen LogP contribution in [0.25, 0.3) is 0 Å². The number of halogens is 4. The van der Waals surface area contributed by atoms with E-state index in [-0.39, 0.29) is 4.90 Å². The third-order valence-corrected chi connectivity index (χ3v) is 5.92. The van der Waals surface area contributed by atoms with Crippen LogP contribution >= 0.6 is 57.7 Å². The van der Waals surface area contributed by atoms with Gasteiger partial charge in [0.05, 0.1) is 9.23 Å². The zero-order valence-electron chi connectivity index (χ0n) is 10.3. The number of thiophene rings is 1. The average molecular weight is 405 g/mol. The second kappa shape index (κ2) is 6.62. The Morgan fingerprint density at radius 1 is 1.05 bits per heavy atom. The van der Waals surface area contributed by atoms with Gasteiger partial charge in [-0.15, -0.1) is 11.3 Å². The van der Waals surface area contributed by atoms with E-state index in [0.29, 0.717) is 9.21 Å². The van der Waals surface area contributed by atoms with Crippen molar-refractivity contribution in [2.75, 3.05) is 0 Å². The summed E-state index contributed by atoms with van der Waals surface area (Å²) in [7, 11) is -3.82. The molecule has 0 aliphatic heterocycles. The van der Waals surface area contributed by atoms with E-state index in [1.54, 1.807) is 30.3 Å². The summed E-state index contributed by atoms with van der Waals surface area (Å²) in [6.45, 7) is 0. The maximum Gasteiger partial charge on any atom is 0.241 e. The molecule has 0 saturated carbocycles. The molecule has 21 heavy (non-hydrogen) atoms. The van der Waals surface area contributed by atoms with E-state index in [2.05, 4.69) is 4.72 Å². The van der Waals surface area contributed by atoms with Crippen LogP contribution in [-0.2, 0) is 10.0 Å². The number of alkyl halides is 3. The summed E-state index contributed by atoms with van der Waals surface area (Å²) in [6.07, 6.45) is 0. The summed E-state index contributed by atoms with van der Waals surface area (Å²) < 4.78 is 25.7. The first-order valence-electron chi connectivity index (χ1n) is 5.59. The Kier molecular flexibility index (Phi) is 5.47. The Labute approximate surface area is 146 Å². The number of nitrogens with one attached hydrogen (secondary N) is 1. The number of sulfonamides is 1. The van der Waals surface area contributed by atoms with Crippen molar-refractivity contribution >= 4 is 67.8 Å². The number of rotatable bonds is 4. The van der Waals surface area contributed by atoms with E-state index >= 15 is 0 Å². The lowest BCUT2D eigenvalue weighted by molar-refractivity contribution is 0.560. The van der Waals surface area contributed by atoms with Gasteiger partial charge in [-0.25, -0.2) is 8.42 Å². The summed E-state index contributed by atoms with van der Waals surface area (Å²) in [5.41, 5.74) is 0. The molecule has 0 radical (unpaired) electrons. The molecule has 1 heterocycles. The number of hydrogen-bond donors (Lipinski definition) is 1. The molecule has 9 heteroatoms. The third-order valence-electron chi connectivity index (χ3n) is 2.53. The molecule has 1 N–H and O–H groups in total. The Morgan fingerprint density at radius 2 is 1.67 bits per heavy atom. The Bertz CT molecular complexity index is 710. The molecule has 114 valence electrons. The summed E-state index contributed by atoms with van der Waals surface area (Å²) in [5.74, 6) is 0.